The number of rotatable bonds is 5. The van der Waals surface area contributed by atoms with Gasteiger partial charge in [0.05, 0.1) is 10.6 Å². The maximum absolute atomic E-state index is 4.93. The highest BCUT2D eigenvalue weighted by atomic mass is 32.1. The van der Waals surface area contributed by atoms with Crippen LogP contribution in [0.25, 0.3) is 31.7 Å². The fraction of sp³-hybridized carbons (Fsp3) is 0.259. The molecule has 0 spiro atoms. The number of aromatic amines is 1. The lowest BCUT2D eigenvalue weighted by Gasteiger charge is -2.32. The largest absolute Gasteiger partial charge is 0.346 e. The molecule has 0 radical (unpaired) electrons. The second kappa shape index (κ2) is 8.83. The van der Waals surface area contributed by atoms with Gasteiger partial charge in [0.25, 0.3) is 0 Å². The number of benzene rings is 2. The predicted octanol–water partition coefficient (Wildman–Crippen LogP) is 5.64. The number of aromatic nitrogens is 3. The Balaban J connectivity index is 1.25. The number of fused-ring (bicyclic) bond motifs is 2. The average Bonchev–Trinajstić information content (AvgIpc) is 3.48. The van der Waals surface area contributed by atoms with Crippen molar-refractivity contribution < 1.29 is 0 Å². The number of aryl methyl sites for hydroxylation is 1. The highest BCUT2D eigenvalue weighted by Crippen LogP contribution is 2.36. The number of hydrogen-bond acceptors (Lipinski definition) is 6. The van der Waals surface area contributed by atoms with Gasteiger partial charge < -0.3 is 15.2 Å². The molecular weight excluding hydrogens is 440 g/mol. The zero-order valence-corrected chi connectivity index (χ0v) is 20.3. The standard InChI is InChI=1S/C27H28N6S/c1-18-3-8-23-20(15-18)16-24(34-23)25-22-9-10-28-26(22)31-27(30-25)29-21-6-4-19(5-7-21)17-33-13-11-32(2)12-14-33/h3-10,15-16H,11-14,17H2,1-2H3,(H2,28,29,30,31). The summed E-state index contributed by atoms with van der Waals surface area (Å²) >= 11 is 1.77. The maximum Gasteiger partial charge on any atom is 0.229 e. The van der Waals surface area contributed by atoms with Gasteiger partial charge in [-0.3, -0.25) is 4.90 Å². The smallest absolute Gasteiger partial charge is 0.229 e. The number of hydrogen-bond donors (Lipinski definition) is 2. The van der Waals surface area contributed by atoms with Crippen molar-refractivity contribution >= 4 is 44.1 Å². The van der Waals surface area contributed by atoms with E-state index in [0.717, 1.165) is 60.0 Å². The van der Waals surface area contributed by atoms with Crippen LogP contribution in [-0.2, 0) is 6.54 Å². The molecule has 5 aromatic rings. The molecule has 172 valence electrons. The van der Waals surface area contributed by atoms with Crippen molar-refractivity contribution in [3.8, 4) is 10.6 Å². The molecule has 1 saturated heterocycles. The van der Waals surface area contributed by atoms with Crippen LogP contribution in [-0.4, -0.2) is 58.0 Å². The molecule has 0 aliphatic carbocycles. The Morgan fingerprint density at radius 3 is 2.62 bits per heavy atom. The van der Waals surface area contributed by atoms with E-state index in [1.165, 1.54) is 21.2 Å². The Kier molecular flexibility index (Phi) is 5.53. The normalized spacial score (nSPS) is 15.4. The molecule has 7 heteroatoms. The summed E-state index contributed by atoms with van der Waals surface area (Å²) < 4.78 is 1.27. The lowest BCUT2D eigenvalue weighted by molar-refractivity contribution is 0.148. The van der Waals surface area contributed by atoms with Crippen LogP contribution in [0.2, 0.25) is 0 Å². The summed E-state index contributed by atoms with van der Waals surface area (Å²) in [7, 11) is 2.19. The first-order chi connectivity index (χ1) is 16.6. The Hall–Kier alpha value is -3.26. The molecule has 0 bridgehead atoms. The SMILES string of the molecule is Cc1ccc2sc(-c3nc(Nc4ccc(CN5CCN(C)CC5)cc4)nc4[nH]ccc34)cc2c1. The van der Waals surface area contributed by atoms with Gasteiger partial charge in [-0.2, -0.15) is 4.98 Å². The van der Waals surface area contributed by atoms with Crippen LogP contribution >= 0.6 is 11.3 Å². The number of H-pyrrole nitrogens is 1. The minimum Gasteiger partial charge on any atom is -0.346 e. The van der Waals surface area contributed by atoms with Gasteiger partial charge >= 0.3 is 0 Å². The van der Waals surface area contributed by atoms with Gasteiger partial charge in [0, 0.05) is 54.7 Å². The minimum atomic E-state index is 0.602. The average molecular weight is 469 g/mol. The van der Waals surface area contributed by atoms with Crippen LogP contribution in [0.5, 0.6) is 0 Å². The molecule has 34 heavy (non-hydrogen) atoms. The molecule has 1 aliphatic heterocycles. The van der Waals surface area contributed by atoms with Gasteiger partial charge in [-0.1, -0.05) is 29.8 Å². The Morgan fingerprint density at radius 1 is 0.971 bits per heavy atom. The molecule has 4 heterocycles. The molecule has 0 amide bonds. The zero-order chi connectivity index (χ0) is 23.1. The van der Waals surface area contributed by atoms with E-state index in [-0.39, 0.29) is 0 Å². The van der Waals surface area contributed by atoms with Gasteiger partial charge in [-0.25, -0.2) is 4.98 Å². The van der Waals surface area contributed by atoms with E-state index >= 15 is 0 Å². The van der Waals surface area contributed by atoms with Crippen molar-refractivity contribution in [2.45, 2.75) is 13.5 Å². The van der Waals surface area contributed by atoms with Gasteiger partial charge in [0.15, 0.2) is 0 Å². The molecule has 0 saturated carbocycles. The predicted molar refractivity (Wildman–Crippen MR) is 142 cm³/mol. The number of anilines is 2. The molecule has 3 aromatic heterocycles. The monoisotopic (exact) mass is 468 g/mol. The van der Waals surface area contributed by atoms with Crippen LogP contribution in [0.15, 0.2) is 60.8 Å². The summed E-state index contributed by atoms with van der Waals surface area (Å²) in [5.41, 5.74) is 5.39. The fourth-order valence-electron chi connectivity index (χ4n) is 4.55. The van der Waals surface area contributed by atoms with Crippen molar-refractivity contribution in [3.63, 3.8) is 0 Å². The summed E-state index contributed by atoms with van der Waals surface area (Å²) in [6.45, 7) is 7.65. The number of nitrogens with one attached hydrogen (secondary N) is 2. The topological polar surface area (TPSA) is 60.1 Å². The first kappa shape index (κ1) is 21.3. The summed E-state index contributed by atoms with van der Waals surface area (Å²) in [5, 5.41) is 5.71. The van der Waals surface area contributed by atoms with Crippen LogP contribution in [0.1, 0.15) is 11.1 Å². The minimum absolute atomic E-state index is 0.602. The second-order valence-electron chi connectivity index (χ2n) is 9.19. The summed E-state index contributed by atoms with van der Waals surface area (Å²) in [4.78, 5) is 19.0. The third kappa shape index (κ3) is 4.30. The summed E-state index contributed by atoms with van der Waals surface area (Å²) in [6, 6.07) is 19.5. The van der Waals surface area contributed by atoms with E-state index < -0.39 is 0 Å². The zero-order valence-electron chi connectivity index (χ0n) is 19.5. The van der Waals surface area contributed by atoms with Crippen molar-refractivity contribution in [1.29, 1.82) is 0 Å². The maximum atomic E-state index is 4.93. The summed E-state index contributed by atoms with van der Waals surface area (Å²) in [6.07, 6.45) is 1.93. The first-order valence-corrected chi connectivity index (χ1v) is 12.5. The van der Waals surface area contributed by atoms with Crippen LogP contribution < -0.4 is 5.32 Å². The van der Waals surface area contributed by atoms with Crippen LogP contribution in [0, 0.1) is 6.92 Å². The second-order valence-corrected chi connectivity index (χ2v) is 10.3. The molecule has 1 fully saturated rings. The highest BCUT2D eigenvalue weighted by Gasteiger charge is 2.15. The molecular formula is C27H28N6S. The van der Waals surface area contributed by atoms with Gasteiger partial charge in [-0.15, -0.1) is 11.3 Å². The van der Waals surface area contributed by atoms with Crippen LogP contribution in [0.4, 0.5) is 11.6 Å². The van der Waals surface area contributed by atoms with E-state index in [1.807, 2.05) is 6.20 Å². The van der Waals surface area contributed by atoms with Crippen LogP contribution in [0.3, 0.4) is 0 Å². The molecule has 6 rings (SSSR count). The number of likely N-dealkylation sites (N-methyl/N-ethyl adjacent to an activating group) is 1. The van der Waals surface area contributed by atoms with Crippen molar-refractivity contribution in [2.24, 2.45) is 0 Å². The van der Waals surface area contributed by atoms with E-state index in [2.05, 4.69) is 88.7 Å². The van der Waals surface area contributed by atoms with Gasteiger partial charge in [0.1, 0.15) is 5.65 Å². The fourth-order valence-corrected chi connectivity index (χ4v) is 5.60. The number of nitrogens with zero attached hydrogens (tertiary/aromatic N) is 4. The van der Waals surface area contributed by atoms with Crippen molar-refractivity contribution in [2.75, 3.05) is 38.5 Å². The first-order valence-electron chi connectivity index (χ1n) is 11.7. The van der Waals surface area contributed by atoms with E-state index in [4.69, 9.17) is 9.97 Å². The van der Waals surface area contributed by atoms with Crippen molar-refractivity contribution in [3.05, 3.63) is 71.9 Å². The lowest BCUT2D eigenvalue weighted by Crippen LogP contribution is -2.43. The van der Waals surface area contributed by atoms with Gasteiger partial charge in [-0.05, 0) is 55.3 Å². The van der Waals surface area contributed by atoms with E-state index in [0.29, 0.717) is 5.95 Å². The van der Waals surface area contributed by atoms with Crippen molar-refractivity contribution in [1.82, 2.24) is 24.8 Å². The Morgan fingerprint density at radius 2 is 1.79 bits per heavy atom. The molecule has 6 nitrogen and oxygen atoms in total. The third-order valence-corrected chi connectivity index (χ3v) is 7.66. The van der Waals surface area contributed by atoms with E-state index in [9.17, 15) is 0 Å². The molecule has 2 N–H and O–H groups in total. The quantitative estimate of drug-likeness (QED) is 0.350. The van der Waals surface area contributed by atoms with E-state index in [1.54, 1.807) is 11.3 Å². The number of thiophene rings is 1. The third-order valence-electron chi connectivity index (χ3n) is 6.53. The molecule has 2 aromatic carbocycles. The Labute approximate surface area is 203 Å². The van der Waals surface area contributed by atoms with Gasteiger partial charge in [0.2, 0.25) is 5.95 Å². The highest BCUT2D eigenvalue weighted by molar-refractivity contribution is 7.22. The molecule has 0 unspecified atom stereocenters. The molecule has 0 atom stereocenters. The Bertz CT molecular complexity index is 1440. The molecule has 1 aliphatic rings. The number of piperazine rings is 1. The lowest BCUT2D eigenvalue weighted by atomic mass is 10.1. The summed E-state index contributed by atoms with van der Waals surface area (Å²) in [5.74, 6) is 0.602.